The number of carbonyl (C=O) groups excluding carboxylic acids is 3. The Morgan fingerprint density at radius 2 is 1.95 bits per heavy atom. The summed E-state index contributed by atoms with van der Waals surface area (Å²) in [6.45, 7) is 0.735. The molecule has 1 fully saturated rings. The van der Waals surface area contributed by atoms with Gasteiger partial charge < -0.3 is 20.8 Å². The normalized spacial score (nSPS) is 18.8. The molecule has 10 nitrogen and oxygen atoms in total. The van der Waals surface area contributed by atoms with Gasteiger partial charge >= 0.3 is 18.0 Å². The van der Waals surface area contributed by atoms with Crippen molar-refractivity contribution in [3.05, 3.63) is 0 Å². The van der Waals surface area contributed by atoms with Crippen LogP contribution >= 0.6 is 0 Å². The van der Waals surface area contributed by atoms with Crippen LogP contribution in [0, 0.1) is 5.92 Å². The zero-order valence-electron chi connectivity index (χ0n) is 11.9. The summed E-state index contributed by atoms with van der Waals surface area (Å²) in [5, 5.41) is 21.8. The Balaban J connectivity index is 2.49. The Bertz CT molecular complexity index is 505. The molecule has 2 atom stereocenters. The van der Waals surface area contributed by atoms with Gasteiger partial charge in [-0.1, -0.05) is 6.92 Å². The average Bonchev–Trinajstić information content (AvgIpc) is 2.69. The summed E-state index contributed by atoms with van der Waals surface area (Å²) in [5.74, 6) is -4.32. The average molecular weight is 315 g/mol. The van der Waals surface area contributed by atoms with E-state index >= 15 is 0 Å². The Morgan fingerprint density at radius 1 is 1.32 bits per heavy atom. The van der Waals surface area contributed by atoms with Crippen molar-refractivity contribution in [1.29, 1.82) is 0 Å². The Morgan fingerprint density at radius 3 is 2.50 bits per heavy atom. The van der Waals surface area contributed by atoms with E-state index in [4.69, 9.17) is 10.2 Å². The van der Waals surface area contributed by atoms with Crippen molar-refractivity contribution in [2.24, 2.45) is 5.92 Å². The topological polar surface area (TPSA) is 153 Å². The van der Waals surface area contributed by atoms with Crippen molar-refractivity contribution in [2.45, 2.75) is 25.8 Å². The molecule has 0 bridgehead atoms. The lowest BCUT2D eigenvalue weighted by molar-refractivity contribution is -0.141. The number of amides is 4. The Hall–Kier alpha value is -2.65. The van der Waals surface area contributed by atoms with Gasteiger partial charge in [0.05, 0.1) is 5.92 Å². The van der Waals surface area contributed by atoms with Crippen LogP contribution in [0.3, 0.4) is 0 Å². The molecule has 0 aliphatic carbocycles. The third-order valence-electron chi connectivity index (χ3n) is 3.08. The zero-order valence-corrected chi connectivity index (χ0v) is 11.9. The van der Waals surface area contributed by atoms with E-state index in [-0.39, 0.29) is 19.4 Å². The van der Waals surface area contributed by atoms with Gasteiger partial charge in [-0.3, -0.25) is 24.1 Å². The molecule has 0 aromatic carbocycles. The maximum atomic E-state index is 11.9. The maximum Gasteiger partial charge on any atom is 0.325 e. The molecule has 0 saturated carbocycles. The van der Waals surface area contributed by atoms with E-state index in [0.29, 0.717) is 4.90 Å². The van der Waals surface area contributed by atoms with Crippen LogP contribution in [-0.4, -0.2) is 64.0 Å². The zero-order chi connectivity index (χ0) is 16.9. The third kappa shape index (κ3) is 4.72. The first-order valence-corrected chi connectivity index (χ1v) is 6.55. The maximum absolute atomic E-state index is 11.9. The largest absolute Gasteiger partial charge is 0.481 e. The fourth-order valence-electron chi connectivity index (χ4n) is 1.74. The molecular formula is C12H17N3O7. The molecule has 4 N–H and O–H groups in total. The molecule has 1 aliphatic rings. The van der Waals surface area contributed by atoms with Gasteiger partial charge in [0.2, 0.25) is 5.91 Å². The smallest absolute Gasteiger partial charge is 0.325 e. The molecule has 2 unspecified atom stereocenters. The molecule has 122 valence electrons. The molecule has 1 aliphatic heterocycles. The molecular weight excluding hydrogens is 298 g/mol. The first kappa shape index (κ1) is 17.4. The monoisotopic (exact) mass is 315 g/mol. The minimum absolute atomic E-state index is 0.0614. The molecule has 0 aromatic rings. The minimum atomic E-state index is -1.10. The quantitative estimate of drug-likeness (QED) is 0.402. The number of rotatable bonds is 8. The van der Waals surface area contributed by atoms with Crippen molar-refractivity contribution in [3.63, 3.8) is 0 Å². The summed E-state index contributed by atoms with van der Waals surface area (Å²) in [6.07, 6.45) is -0.346. The van der Waals surface area contributed by atoms with Crippen LogP contribution in [0.1, 0.15) is 19.8 Å². The van der Waals surface area contributed by atoms with Gasteiger partial charge in [-0.25, -0.2) is 4.79 Å². The van der Waals surface area contributed by atoms with E-state index in [1.54, 1.807) is 0 Å². The van der Waals surface area contributed by atoms with Crippen LogP contribution in [0.2, 0.25) is 0 Å². The second-order valence-corrected chi connectivity index (χ2v) is 4.90. The van der Waals surface area contributed by atoms with E-state index in [9.17, 15) is 24.0 Å². The molecule has 22 heavy (non-hydrogen) atoms. The lowest BCUT2D eigenvalue weighted by Gasteiger charge is -2.14. The van der Waals surface area contributed by atoms with Crippen LogP contribution in [0.25, 0.3) is 0 Å². The number of carbonyl (C=O) groups is 5. The van der Waals surface area contributed by atoms with Crippen LogP contribution in [-0.2, 0) is 19.2 Å². The lowest BCUT2D eigenvalue weighted by Crippen LogP contribution is -2.42. The van der Waals surface area contributed by atoms with E-state index < -0.39 is 48.3 Å². The number of imide groups is 1. The summed E-state index contributed by atoms with van der Waals surface area (Å²) in [6, 6.07) is -1.74. The first-order chi connectivity index (χ1) is 10.2. The number of urea groups is 1. The van der Waals surface area contributed by atoms with Crippen molar-refractivity contribution in [1.82, 2.24) is 15.5 Å². The van der Waals surface area contributed by atoms with E-state index in [0.717, 1.165) is 0 Å². The van der Waals surface area contributed by atoms with Crippen molar-refractivity contribution < 1.29 is 34.2 Å². The first-order valence-electron chi connectivity index (χ1n) is 6.55. The fourth-order valence-corrected chi connectivity index (χ4v) is 1.74. The number of nitrogens with zero attached hydrogens (tertiary/aromatic N) is 1. The Kier molecular flexibility index (Phi) is 5.84. The number of aliphatic carboxylic acids is 2. The van der Waals surface area contributed by atoms with E-state index in [1.807, 2.05) is 0 Å². The van der Waals surface area contributed by atoms with Gasteiger partial charge in [-0.2, -0.15) is 0 Å². The predicted molar refractivity (Wildman–Crippen MR) is 70.7 cm³/mol. The van der Waals surface area contributed by atoms with Gasteiger partial charge in [-0.15, -0.1) is 0 Å². The van der Waals surface area contributed by atoms with Crippen molar-refractivity contribution in [2.75, 3.05) is 13.1 Å². The summed E-state index contributed by atoms with van der Waals surface area (Å²) in [7, 11) is 0. The minimum Gasteiger partial charge on any atom is -0.481 e. The Labute approximate surface area is 125 Å². The van der Waals surface area contributed by atoms with Crippen LogP contribution in [0.15, 0.2) is 0 Å². The highest BCUT2D eigenvalue weighted by molar-refractivity contribution is 6.06. The van der Waals surface area contributed by atoms with E-state index in [2.05, 4.69) is 10.6 Å². The van der Waals surface area contributed by atoms with E-state index in [1.165, 1.54) is 6.92 Å². The standard InChI is InChI=1S/C12H17N3O7/c1-6(11(20)21)4-13-8(16)5-15-10(19)7(14-12(15)22)2-3-9(17)18/h6-7H,2-5H2,1H3,(H,13,16)(H,14,22)(H,17,18)(H,20,21). The number of carboxylic acids is 2. The van der Waals surface area contributed by atoms with Gasteiger partial charge in [0.1, 0.15) is 12.6 Å². The fraction of sp³-hybridized carbons (Fsp3) is 0.583. The second kappa shape index (κ2) is 7.38. The second-order valence-electron chi connectivity index (χ2n) is 4.90. The lowest BCUT2D eigenvalue weighted by atomic mass is 10.1. The van der Waals surface area contributed by atoms with Crippen molar-refractivity contribution in [3.8, 4) is 0 Å². The molecule has 1 saturated heterocycles. The van der Waals surface area contributed by atoms with Gasteiger partial charge in [0.25, 0.3) is 5.91 Å². The number of hydrogen-bond acceptors (Lipinski definition) is 5. The molecule has 0 radical (unpaired) electrons. The highest BCUT2D eigenvalue weighted by Crippen LogP contribution is 2.10. The van der Waals surface area contributed by atoms with Crippen LogP contribution < -0.4 is 10.6 Å². The number of carboxylic acid groups (broad SMARTS) is 2. The van der Waals surface area contributed by atoms with Gasteiger partial charge in [0, 0.05) is 13.0 Å². The summed E-state index contributed by atoms with van der Waals surface area (Å²) in [4.78, 5) is 56.8. The third-order valence-corrected chi connectivity index (χ3v) is 3.08. The summed E-state index contributed by atoms with van der Waals surface area (Å²) >= 11 is 0. The molecule has 1 rings (SSSR count). The highest BCUT2D eigenvalue weighted by atomic mass is 16.4. The molecule has 0 aromatic heterocycles. The van der Waals surface area contributed by atoms with Gasteiger partial charge in [-0.05, 0) is 6.42 Å². The molecule has 10 heteroatoms. The summed E-state index contributed by atoms with van der Waals surface area (Å²) < 4.78 is 0. The molecule has 0 spiro atoms. The highest BCUT2D eigenvalue weighted by Gasteiger charge is 2.38. The predicted octanol–water partition coefficient (Wildman–Crippen LogP) is -1.39. The molecule has 1 heterocycles. The SMILES string of the molecule is CC(CNC(=O)CN1C(=O)NC(CCC(=O)O)C1=O)C(=O)O. The van der Waals surface area contributed by atoms with Gasteiger partial charge in [0.15, 0.2) is 0 Å². The van der Waals surface area contributed by atoms with Crippen molar-refractivity contribution >= 4 is 29.8 Å². The summed E-state index contributed by atoms with van der Waals surface area (Å²) in [5.41, 5.74) is 0. The number of nitrogens with one attached hydrogen (secondary N) is 2. The number of hydrogen-bond donors (Lipinski definition) is 4. The molecule has 4 amide bonds. The van der Waals surface area contributed by atoms with Crippen LogP contribution in [0.5, 0.6) is 0 Å². The van der Waals surface area contributed by atoms with Crippen LogP contribution in [0.4, 0.5) is 4.79 Å².